The first-order valence-corrected chi connectivity index (χ1v) is 6.58. The predicted molar refractivity (Wildman–Crippen MR) is 70.2 cm³/mol. The summed E-state index contributed by atoms with van der Waals surface area (Å²) in [4.78, 5) is 22.6. The number of aldehydes is 1. The monoisotopic (exact) mass is 251 g/mol. The van der Waals surface area contributed by atoms with E-state index in [0.717, 1.165) is 16.7 Å². The van der Waals surface area contributed by atoms with Crippen LogP contribution < -0.4 is 5.73 Å². The van der Waals surface area contributed by atoms with Gasteiger partial charge in [-0.05, 0) is 24.1 Å². The average Bonchev–Trinajstić information content (AvgIpc) is 2.37. The summed E-state index contributed by atoms with van der Waals surface area (Å²) in [7, 11) is 0. The van der Waals surface area contributed by atoms with Crippen LogP contribution in [0, 0.1) is 0 Å². The zero-order valence-electron chi connectivity index (χ0n) is 9.89. The molecule has 0 bridgehead atoms. The van der Waals surface area contributed by atoms with Gasteiger partial charge in [-0.1, -0.05) is 19.1 Å². The molecule has 0 heterocycles. The van der Waals surface area contributed by atoms with Crippen molar-refractivity contribution in [2.75, 3.05) is 5.75 Å². The number of benzene rings is 1. The maximum Gasteiger partial charge on any atom is 0.142 e. The number of nitrogens with two attached hydrogens (primary N) is 1. The second-order valence-corrected chi connectivity index (χ2v) is 4.88. The van der Waals surface area contributed by atoms with E-state index in [1.807, 2.05) is 31.2 Å². The van der Waals surface area contributed by atoms with Crippen molar-refractivity contribution >= 4 is 23.8 Å². The van der Waals surface area contributed by atoms with Crippen LogP contribution in [-0.4, -0.2) is 23.9 Å². The van der Waals surface area contributed by atoms with E-state index >= 15 is 0 Å². The lowest BCUT2D eigenvalue weighted by molar-refractivity contribution is -0.116. The molecular weight excluding hydrogens is 234 g/mol. The third-order valence-corrected chi connectivity index (χ3v) is 3.44. The van der Waals surface area contributed by atoms with E-state index in [1.165, 1.54) is 11.8 Å². The van der Waals surface area contributed by atoms with Crippen molar-refractivity contribution in [3.05, 3.63) is 29.8 Å². The zero-order chi connectivity index (χ0) is 12.7. The molecule has 0 aromatic heterocycles. The van der Waals surface area contributed by atoms with Gasteiger partial charge in [0.15, 0.2) is 0 Å². The molecule has 3 nitrogen and oxygen atoms in total. The highest BCUT2D eigenvalue weighted by Gasteiger charge is 2.03. The van der Waals surface area contributed by atoms with Gasteiger partial charge in [-0.2, -0.15) is 0 Å². The molecule has 0 aliphatic rings. The minimum atomic E-state index is -0.435. The normalized spacial score (nSPS) is 12.1. The van der Waals surface area contributed by atoms with Crippen LogP contribution in [-0.2, 0) is 16.0 Å². The zero-order valence-corrected chi connectivity index (χ0v) is 10.7. The quantitative estimate of drug-likeness (QED) is 0.593. The predicted octanol–water partition coefficient (Wildman–Crippen LogP) is 1.83. The maximum atomic E-state index is 11.2. The number of Topliss-reactive ketones (excluding diaryl/α,β-unsaturated/α-hetero) is 1. The molecule has 0 fully saturated rings. The van der Waals surface area contributed by atoms with Crippen molar-refractivity contribution in [1.82, 2.24) is 0 Å². The first kappa shape index (κ1) is 13.9. The number of carbonyl (C=O) groups excluding carboxylic acids is 2. The summed E-state index contributed by atoms with van der Waals surface area (Å²) in [6.07, 6.45) is 1.89. The molecule has 1 rings (SSSR count). The molecule has 0 aliphatic carbocycles. The molecule has 0 radical (unpaired) electrons. The van der Waals surface area contributed by atoms with Gasteiger partial charge in [0.2, 0.25) is 0 Å². The van der Waals surface area contributed by atoms with Crippen LogP contribution in [0.2, 0.25) is 0 Å². The van der Waals surface area contributed by atoms with Crippen molar-refractivity contribution in [1.29, 1.82) is 0 Å². The van der Waals surface area contributed by atoms with Gasteiger partial charge in [-0.15, -0.1) is 11.8 Å². The number of thioether (sulfide) groups is 1. The molecule has 4 heteroatoms. The fraction of sp³-hybridized carbons (Fsp3) is 0.385. The summed E-state index contributed by atoms with van der Waals surface area (Å²) >= 11 is 1.54. The largest absolute Gasteiger partial charge is 0.321 e. The standard InChI is InChI=1S/C13H17NO2S/c1-2-12(16)9-17-13-5-3-10(4-6-13)7-11(14)8-15/h3-6,8,11H,2,7,9,14H2,1H3. The first-order valence-electron chi connectivity index (χ1n) is 5.60. The number of ketones is 1. The van der Waals surface area contributed by atoms with E-state index < -0.39 is 6.04 Å². The van der Waals surface area contributed by atoms with Gasteiger partial charge in [0.05, 0.1) is 11.8 Å². The van der Waals surface area contributed by atoms with Gasteiger partial charge in [0.25, 0.3) is 0 Å². The summed E-state index contributed by atoms with van der Waals surface area (Å²) in [5, 5.41) is 0. The van der Waals surface area contributed by atoms with E-state index in [4.69, 9.17) is 5.73 Å². The van der Waals surface area contributed by atoms with Crippen LogP contribution in [0.5, 0.6) is 0 Å². The van der Waals surface area contributed by atoms with Gasteiger partial charge < -0.3 is 10.5 Å². The Morgan fingerprint density at radius 3 is 2.59 bits per heavy atom. The fourth-order valence-electron chi connectivity index (χ4n) is 1.31. The Hall–Kier alpha value is -1.13. The van der Waals surface area contributed by atoms with Crippen LogP contribution in [0.25, 0.3) is 0 Å². The maximum absolute atomic E-state index is 11.2. The third kappa shape index (κ3) is 5.15. The SMILES string of the molecule is CCC(=O)CSc1ccc(CC(N)C=O)cc1. The van der Waals surface area contributed by atoms with Crippen LogP contribution in [0.4, 0.5) is 0 Å². The molecule has 17 heavy (non-hydrogen) atoms. The van der Waals surface area contributed by atoms with Gasteiger partial charge >= 0.3 is 0 Å². The Kier molecular flexibility index (Phi) is 5.94. The molecule has 1 atom stereocenters. The van der Waals surface area contributed by atoms with Gasteiger partial charge in [-0.25, -0.2) is 0 Å². The topological polar surface area (TPSA) is 60.2 Å². The molecule has 0 saturated heterocycles. The van der Waals surface area contributed by atoms with Crippen LogP contribution >= 0.6 is 11.8 Å². The molecule has 0 spiro atoms. The highest BCUT2D eigenvalue weighted by atomic mass is 32.2. The van der Waals surface area contributed by atoms with Gasteiger partial charge in [0, 0.05) is 11.3 Å². The Labute approximate surface area is 106 Å². The fourth-order valence-corrected chi connectivity index (χ4v) is 2.17. The molecule has 92 valence electrons. The number of hydrogen-bond acceptors (Lipinski definition) is 4. The number of rotatable bonds is 7. The summed E-state index contributed by atoms with van der Waals surface area (Å²) in [5.74, 6) is 0.769. The number of hydrogen-bond donors (Lipinski definition) is 1. The Balaban J connectivity index is 2.50. The summed E-state index contributed by atoms with van der Waals surface area (Å²) in [6, 6.07) is 7.38. The lowest BCUT2D eigenvalue weighted by Gasteiger charge is -2.05. The summed E-state index contributed by atoms with van der Waals surface area (Å²) < 4.78 is 0. The third-order valence-electron chi connectivity index (χ3n) is 2.36. The van der Waals surface area contributed by atoms with Crippen molar-refractivity contribution < 1.29 is 9.59 Å². The average molecular weight is 251 g/mol. The van der Waals surface area contributed by atoms with Gasteiger partial charge in [-0.3, -0.25) is 4.79 Å². The Bertz CT molecular complexity index is 376. The smallest absolute Gasteiger partial charge is 0.142 e. The molecule has 0 saturated carbocycles. The Morgan fingerprint density at radius 1 is 1.41 bits per heavy atom. The highest BCUT2D eigenvalue weighted by molar-refractivity contribution is 8.00. The van der Waals surface area contributed by atoms with Crippen molar-refractivity contribution in [2.45, 2.75) is 30.7 Å². The van der Waals surface area contributed by atoms with Crippen molar-refractivity contribution in [3.63, 3.8) is 0 Å². The van der Waals surface area contributed by atoms with E-state index in [9.17, 15) is 9.59 Å². The lowest BCUT2D eigenvalue weighted by Crippen LogP contribution is -2.23. The van der Waals surface area contributed by atoms with Crippen LogP contribution in [0.15, 0.2) is 29.2 Å². The van der Waals surface area contributed by atoms with E-state index in [-0.39, 0.29) is 5.78 Å². The highest BCUT2D eigenvalue weighted by Crippen LogP contribution is 2.19. The second-order valence-electron chi connectivity index (χ2n) is 3.83. The molecule has 1 unspecified atom stereocenters. The van der Waals surface area contributed by atoms with E-state index in [0.29, 0.717) is 18.6 Å². The minimum absolute atomic E-state index is 0.252. The first-order chi connectivity index (χ1) is 8.15. The summed E-state index contributed by atoms with van der Waals surface area (Å²) in [6.45, 7) is 1.87. The van der Waals surface area contributed by atoms with E-state index in [1.54, 1.807) is 0 Å². The van der Waals surface area contributed by atoms with Crippen molar-refractivity contribution in [3.8, 4) is 0 Å². The molecule has 1 aromatic carbocycles. The van der Waals surface area contributed by atoms with E-state index in [2.05, 4.69) is 0 Å². The molecular formula is C13H17NO2S. The van der Waals surface area contributed by atoms with Crippen molar-refractivity contribution in [2.24, 2.45) is 5.73 Å². The second kappa shape index (κ2) is 7.25. The molecule has 2 N–H and O–H groups in total. The van der Waals surface area contributed by atoms with Gasteiger partial charge in [0.1, 0.15) is 12.1 Å². The van der Waals surface area contributed by atoms with Crippen LogP contribution in [0.1, 0.15) is 18.9 Å². The number of carbonyl (C=O) groups is 2. The minimum Gasteiger partial charge on any atom is -0.321 e. The molecule has 1 aromatic rings. The van der Waals surface area contributed by atoms with Crippen LogP contribution in [0.3, 0.4) is 0 Å². The Morgan fingerprint density at radius 2 is 2.06 bits per heavy atom. The molecule has 0 amide bonds. The lowest BCUT2D eigenvalue weighted by atomic mass is 10.1. The molecule has 0 aliphatic heterocycles. The summed E-state index contributed by atoms with van der Waals surface area (Å²) in [5.41, 5.74) is 6.58.